The van der Waals surface area contributed by atoms with Crippen LogP contribution in [0.15, 0.2) is 36.4 Å². The fourth-order valence-corrected chi connectivity index (χ4v) is 3.36. The molecule has 110 valence electrons. The number of benzene rings is 1. The van der Waals surface area contributed by atoms with Crippen LogP contribution in [0.4, 0.5) is 11.4 Å². The molecule has 0 aliphatic heterocycles. The van der Waals surface area contributed by atoms with E-state index in [1.807, 2.05) is 0 Å². The number of allylic oxidation sites excluding steroid dienone is 2. The Hall–Kier alpha value is -2.17. The molecule has 0 heterocycles. The third kappa shape index (κ3) is 2.96. The molecule has 0 aromatic heterocycles. The molecule has 0 bridgehead atoms. The molecule has 2 aliphatic rings. The molecular weight excluding hydrogens is 268 g/mol. The smallest absolute Gasteiger partial charge is 0.271 e. The summed E-state index contributed by atoms with van der Waals surface area (Å²) < 4.78 is 0. The minimum Gasteiger partial charge on any atom is -0.326 e. The van der Waals surface area contributed by atoms with E-state index in [2.05, 4.69) is 17.5 Å². The van der Waals surface area contributed by atoms with Gasteiger partial charge in [0.2, 0.25) is 5.91 Å². The van der Waals surface area contributed by atoms with Crippen LogP contribution in [0.25, 0.3) is 0 Å². The first-order chi connectivity index (χ1) is 10.2. The van der Waals surface area contributed by atoms with Crippen LogP contribution in [0.1, 0.15) is 25.7 Å². The summed E-state index contributed by atoms with van der Waals surface area (Å²) in [5, 5.41) is 13.6. The van der Waals surface area contributed by atoms with Gasteiger partial charge in [-0.1, -0.05) is 18.2 Å². The molecule has 1 aromatic carbocycles. The zero-order chi connectivity index (χ0) is 14.8. The highest BCUT2D eigenvalue weighted by atomic mass is 16.6. The Kier molecular flexibility index (Phi) is 3.73. The summed E-state index contributed by atoms with van der Waals surface area (Å²) in [6.07, 6.45) is 8.61. The molecule has 5 heteroatoms. The summed E-state index contributed by atoms with van der Waals surface area (Å²) in [5.74, 6) is 1.04. The number of hydrogen-bond acceptors (Lipinski definition) is 3. The van der Waals surface area contributed by atoms with E-state index in [0.29, 0.717) is 17.5 Å². The number of carbonyl (C=O) groups is 1. The Labute approximate surface area is 123 Å². The minimum absolute atomic E-state index is 0.00110. The highest BCUT2D eigenvalue weighted by Crippen LogP contribution is 2.53. The number of anilines is 1. The van der Waals surface area contributed by atoms with Crippen LogP contribution in [0.5, 0.6) is 0 Å². The van der Waals surface area contributed by atoms with Crippen molar-refractivity contribution in [2.45, 2.75) is 25.7 Å². The van der Waals surface area contributed by atoms with Crippen molar-refractivity contribution in [1.82, 2.24) is 0 Å². The first-order valence-corrected chi connectivity index (χ1v) is 7.37. The maximum atomic E-state index is 12.3. The lowest BCUT2D eigenvalue weighted by Crippen LogP contribution is -2.15. The van der Waals surface area contributed by atoms with Crippen molar-refractivity contribution >= 4 is 17.3 Å². The molecule has 21 heavy (non-hydrogen) atoms. The van der Waals surface area contributed by atoms with Crippen LogP contribution in [0.2, 0.25) is 0 Å². The van der Waals surface area contributed by atoms with E-state index in [1.54, 1.807) is 12.1 Å². The van der Waals surface area contributed by atoms with E-state index in [9.17, 15) is 14.9 Å². The van der Waals surface area contributed by atoms with Gasteiger partial charge in [0, 0.05) is 23.7 Å². The Balaban J connectivity index is 1.65. The predicted octanol–water partition coefficient (Wildman–Crippen LogP) is 3.53. The third-order valence-electron chi connectivity index (χ3n) is 4.46. The summed E-state index contributed by atoms with van der Waals surface area (Å²) in [7, 11) is 0. The van der Waals surface area contributed by atoms with Crippen molar-refractivity contribution in [3.63, 3.8) is 0 Å². The van der Waals surface area contributed by atoms with Gasteiger partial charge in [-0.2, -0.15) is 0 Å². The first-order valence-electron chi connectivity index (χ1n) is 7.37. The fourth-order valence-electron chi connectivity index (χ4n) is 3.36. The molecular formula is C16H18N2O3. The Morgan fingerprint density at radius 1 is 1.19 bits per heavy atom. The Morgan fingerprint density at radius 2 is 1.86 bits per heavy atom. The molecule has 3 rings (SSSR count). The molecule has 0 spiro atoms. The molecule has 0 saturated heterocycles. The van der Waals surface area contributed by atoms with Crippen LogP contribution in [0, 0.1) is 27.9 Å². The lowest BCUT2D eigenvalue weighted by Gasteiger charge is -2.04. The molecule has 1 aromatic rings. The maximum absolute atomic E-state index is 12.3. The van der Waals surface area contributed by atoms with E-state index in [4.69, 9.17) is 0 Å². The zero-order valence-corrected chi connectivity index (χ0v) is 11.7. The van der Waals surface area contributed by atoms with Crippen molar-refractivity contribution in [2.75, 3.05) is 5.32 Å². The number of rotatable bonds is 3. The highest BCUT2D eigenvalue weighted by molar-refractivity contribution is 5.95. The number of fused-ring (bicyclic) bond motifs is 1. The number of nitrogens with one attached hydrogen (secondary N) is 1. The molecule has 0 radical (unpaired) electrons. The Morgan fingerprint density at radius 3 is 2.48 bits per heavy atom. The molecule has 1 amide bonds. The van der Waals surface area contributed by atoms with E-state index in [-0.39, 0.29) is 17.5 Å². The predicted molar refractivity (Wildman–Crippen MR) is 79.8 cm³/mol. The summed E-state index contributed by atoms with van der Waals surface area (Å²) in [6, 6.07) is 6.11. The second-order valence-corrected chi connectivity index (χ2v) is 5.78. The van der Waals surface area contributed by atoms with Gasteiger partial charge in [-0.15, -0.1) is 0 Å². The molecule has 2 atom stereocenters. The minimum atomic E-state index is -0.452. The normalized spacial score (nSPS) is 28.7. The van der Waals surface area contributed by atoms with Gasteiger partial charge >= 0.3 is 0 Å². The van der Waals surface area contributed by atoms with Crippen LogP contribution >= 0.6 is 0 Å². The average Bonchev–Trinajstić information content (AvgIpc) is 3.10. The number of non-ortho nitro benzene ring substituents is 1. The number of amides is 1. The lowest BCUT2D eigenvalue weighted by molar-refractivity contribution is -0.384. The van der Waals surface area contributed by atoms with Crippen LogP contribution in [0.3, 0.4) is 0 Å². The highest BCUT2D eigenvalue weighted by Gasteiger charge is 2.53. The SMILES string of the molecule is O=C(Nc1cccc([N+](=O)[O-])c1)C1[C@@H]2CC/C=C\CC[C@@H]12. The fraction of sp³-hybridized carbons (Fsp3) is 0.438. The zero-order valence-electron chi connectivity index (χ0n) is 11.7. The second kappa shape index (κ2) is 5.68. The number of nitro benzene ring substituents is 1. The quantitative estimate of drug-likeness (QED) is 0.525. The van der Waals surface area contributed by atoms with Crippen molar-refractivity contribution in [2.24, 2.45) is 17.8 Å². The van der Waals surface area contributed by atoms with Crippen LogP contribution in [-0.2, 0) is 4.79 Å². The van der Waals surface area contributed by atoms with E-state index in [0.717, 1.165) is 25.7 Å². The van der Waals surface area contributed by atoms with E-state index < -0.39 is 4.92 Å². The van der Waals surface area contributed by atoms with Gasteiger partial charge in [0.05, 0.1) is 4.92 Å². The van der Waals surface area contributed by atoms with Gasteiger partial charge in [-0.25, -0.2) is 0 Å². The number of nitrogens with zero attached hydrogens (tertiary/aromatic N) is 1. The van der Waals surface area contributed by atoms with Gasteiger partial charge in [-0.3, -0.25) is 14.9 Å². The van der Waals surface area contributed by atoms with E-state index in [1.165, 1.54) is 12.1 Å². The van der Waals surface area contributed by atoms with Crippen LogP contribution < -0.4 is 5.32 Å². The van der Waals surface area contributed by atoms with Crippen molar-refractivity contribution in [3.05, 3.63) is 46.5 Å². The standard InChI is InChI=1S/C16H18N2O3/c19-16(15-13-8-3-1-2-4-9-14(13)15)17-11-6-5-7-12(10-11)18(20)21/h1-2,5-7,10,13-15H,3-4,8-9H2,(H,17,19)/b2-1-/t13-,14-/m1/s1. The number of hydrogen-bond donors (Lipinski definition) is 1. The Bertz CT molecular complexity index is 581. The lowest BCUT2D eigenvalue weighted by atomic mass is 10.1. The molecule has 5 nitrogen and oxygen atoms in total. The van der Waals surface area contributed by atoms with Crippen molar-refractivity contribution in [3.8, 4) is 0 Å². The summed E-state index contributed by atoms with van der Waals surface area (Å²) in [6.45, 7) is 0. The van der Waals surface area contributed by atoms with E-state index >= 15 is 0 Å². The topological polar surface area (TPSA) is 72.2 Å². The molecule has 1 fully saturated rings. The number of nitro groups is 1. The van der Waals surface area contributed by atoms with Crippen molar-refractivity contribution < 1.29 is 9.72 Å². The van der Waals surface area contributed by atoms with Gasteiger partial charge in [0.1, 0.15) is 0 Å². The molecule has 2 aliphatic carbocycles. The molecule has 0 unspecified atom stereocenters. The largest absolute Gasteiger partial charge is 0.326 e. The van der Waals surface area contributed by atoms with Gasteiger partial charge in [0.25, 0.3) is 5.69 Å². The van der Waals surface area contributed by atoms with Gasteiger partial charge < -0.3 is 5.32 Å². The second-order valence-electron chi connectivity index (χ2n) is 5.78. The summed E-state index contributed by atoms with van der Waals surface area (Å²) in [4.78, 5) is 22.6. The number of carbonyl (C=O) groups excluding carboxylic acids is 1. The summed E-state index contributed by atoms with van der Waals surface area (Å²) in [5.41, 5.74) is 0.505. The molecule has 1 saturated carbocycles. The van der Waals surface area contributed by atoms with Gasteiger partial charge in [-0.05, 0) is 43.6 Å². The van der Waals surface area contributed by atoms with Crippen molar-refractivity contribution in [1.29, 1.82) is 0 Å². The van der Waals surface area contributed by atoms with Gasteiger partial charge in [0.15, 0.2) is 0 Å². The first kappa shape index (κ1) is 13.8. The molecule has 1 N–H and O–H groups in total. The summed E-state index contributed by atoms with van der Waals surface area (Å²) >= 11 is 0. The average molecular weight is 286 g/mol. The maximum Gasteiger partial charge on any atom is 0.271 e. The monoisotopic (exact) mass is 286 g/mol. The third-order valence-corrected chi connectivity index (χ3v) is 4.46. The van der Waals surface area contributed by atoms with Crippen LogP contribution in [-0.4, -0.2) is 10.8 Å².